The maximum atomic E-state index is 12.2. The maximum Gasteiger partial charge on any atom is 0.230 e. The largest absolute Gasteiger partial charge is 0.353 e. The van der Waals surface area contributed by atoms with Crippen molar-refractivity contribution in [3.05, 3.63) is 53.6 Å². The molecule has 3 aromatic rings. The summed E-state index contributed by atoms with van der Waals surface area (Å²) in [4.78, 5) is 17.1. The Morgan fingerprint density at radius 2 is 1.90 bits per heavy atom. The Bertz CT molecular complexity index is 1080. The normalized spacial score (nSPS) is 19.0. The van der Waals surface area contributed by atoms with Crippen LogP contribution in [0.5, 0.6) is 0 Å². The Hall–Kier alpha value is -2.44. The third kappa shape index (κ3) is 3.70. The Kier molecular flexibility index (Phi) is 4.99. The van der Waals surface area contributed by atoms with Crippen LogP contribution in [0.4, 0.5) is 11.5 Å². The summed E-state index contributed by atoms with van der Waals surface area (Å²) in [5.74, 6) is 1.27. The van der Waals surface area contributed by atoms with E-state index in [0.29, 0.717) is 0 Å². The van der Waals surface area contributed by atoms with Gasteiger partial charge in [0.25, 0.3) is 0 Å². The fraction of sp³-hybridized carbons (Fsp3) is 0.417. The average molecular weight is 421 g/mol. The lowest BCUT2D eigenvalue weighted by molar-refractivity contribution is -0.124. The van der Waals surface area contributed by atoms with E-state index in [1.54, 1.807) is 11.5 Å². The summed E-state index contributed by atoms with van der Waals surface area (Å²) in [5, 5.41) is 4.33. The molecule has 5 rings (SSSR count). The minimum absolute atomic E-state index is 0.119. The second-order valence-electron chi connectivity index (χ2n) is 9.09. The summed E-state index contributed by atoms with van der Waals surface area (Å²) in [6, 6.07) is 15.0. The van der Waals surface area contributed by atoms with Crippen LogP contribution in [0.2, 0.25) is 0 Å². The van der Waals surface area contributed by atoms with E-state index in [-0.39, 0.29) is 11.3 Å². The molecule has 0 saturated carbocycles. The van der Waals surface area contributed by atoms with Gasteiger partial charge in [-0.15, -0.1) is 0 Å². The molecule has 5 nitrogen and oxygen atoms in total. The number of aromatic nitrogens is 1. The number of amides is 1. The lowest BCUT2D eigenvalue weighted by Gasteiger charge is -2.35. The van der Waals surface area contributed by atoms with Gasteiger partial charge in [0.1, 0.15) is 5.82 Å². The van der Waals surface area contributed by atoms with Crippen molar-refractivity contribution < 1.29 is 4.79 Å². The highest BCUT2D eigenvalue weighted by molar-refractivity contribution is 7.13. The smallest absolute Gasteiger partial charge is 0.230 e. The van der Waals surface area contributed by atoms with Crippen LogP contribution in [0.25, 0.3) is 10.1 Å². The number of piperazine rings is 1. The average Bonchev–Trinajstić information content (AvgIpc) is 3.17. The van der Waals surface area contributed by atoms with E-state index in [1.807, 2.05) is 13.8 Å². The maximum absolute atomic E-state index is 12.2. The molecule has 156 valence electrons. The molecule has 0 radical (unpaired) electrons. The number of rotatable bonds is 4. The first-order chi connectivity index (χ1) is 14.5. The summed E-state index contributed by atoms with van der Waals surface area (Å²) in [7, 11) is 0. The quantitative estimate of drug-likeness (QED) is 0.688. The predicted octanol–water partition coefficient (Wildman–Crippen LogP) is 4.18. The fourth-order valence-electron chi connectivity index (χ4n) is 4.49. The number of nitrogens with one attached hydrogen (secondary N) is 1. The molecule has 1 amide bonds. The third-order valence-electron chi connectivity index (χ3n) is 6.41. The molecule has 1 saturated heterocycles. The lowest BCUT2D eigenvalue weighted by Crippen LogP contribution is -2.47. The molecule has 0 spiro atoms. The van der Waals surface area contributed by atoms with Gasteiger partial charge >= 0.3 is 0 Å². The van der Waals surface area contributed by atoms with Crippen molar-refractivity contribution in [3.63, 3.8) is 0 Å². The molecule has 0 atom stereocenters. The van der Waals surface area contributed by atoms with Crippen molar-refractivity contribution in [2.45, 2.75) is 26.7 Å². The predicted molar refractivity (Wildman–Crippen MR) is 125 cm³/mol. The highest BCUT2D eigenvalue weighted by Crippen LogP contribution is 2.34. The Balaban J connectivity index is 1.18. The topological polar surface area (TPSA) is 48.5 Å². The first kappa shape index (κ1) is 19.5. The zero-order chi connectivity index (χ0) is 20.7. The zero-order valence-corrected chi connectivity index (χ0v) is 18.5. The highest BCUT2D eigenvalue weighted by atomic mass is 32.1. The van der Waals surface area contributed by atoms with Gasteiger partial charge in [0.05, 0.1) is 4.70 Å². The molecule has 2 aliphatic heterocycles. The molecule has 0 bridgehead atoms. The van der Waals surface area contributed by atoms with Crippen molar-refractivity contribution in [1.29, 1.82) is 0 Å². The Labute approximate surface area is 181 Å². The van der Waals surface area contributed by atoms with Crippen LogP contribution in [-0.4, -0.2) is 47.9 Å². The summed E-state index contributed by atoms with van der Waals surface area (Å²) in [6.45, 7) is 9.29. The van der Waals surface area contributed by atoms with Crippen LogP contribution < -0.4 is 10.2 Å². The van der Waals surface area contributed by atoms with Gasteiger partial charge in [0, 0.05) is 49.2 Å². The van der Waals surface area contributed by atoms with Gasteiger partial charge in [-0.25, -0.2) is 0 Å². The van der Waals surface area contributed by atoms with Gasteiger partial charge in [0.2, 0.25) is 5.91 Å². The van der Waals surface area contributed by atoms with Gasteiger partial charge < -0.3 is 10.2 Å². The minimum Gasteiger partial charge on any atom is -0.353 e. The summed E-state index contributed by atoms with van der Waals surface area (Å²) < 4.78 is 5.98. The van der Waals surface area contributed by atoms with Crippen LogP contribution in [-0.2, 0) is 17.6 Å². The van der Waals surface area contributed by atoms with Crippen LogP contribution in [0.1, 0.15) is 25.0 Å². The van der Waals surface area contributed by atoms with Crippen molar-refractivity contribution >= 4 is 39.0 Å². The Morgan fingerprint density at radius 3 is 2.73 bits per heavy atom. The molecular weight excluding hydrogens is 392 g/mol. The number of hydrogen-bond acceptors (Lipinski definition) is 5. The van der Waals surface area contributed by atoms with Crippen molar-refractivity contribution in [2.24, 2.45) is 5.41 Å². The number of hydrogen-bond donors (Lipinski definition) is 1. The van der Waals surface area contributed by atoms with Crippen LogP contribution in [0.15, 0.2) is 42.5 Å². The van der Waals surface area contributed by atoms with Gasteiger partial charge in [-0.2, -0.15) is 4.37 Å². The van der Waals surface area contributed by atoms with Crippen molar-refractivity contribution in [1.82, 2.24) is 9.27 Å². The Morgan fingerprint density at radius 1 is 1.10 bits per heavy atom. The number of anilines is 2. The molecule has 1 aromatic heterocycles. The van der Waals surface area contributed by atoms with Gasteiger partial charge in [-0.3, -0.25) is 9.69 Å². The molecule has 2 aliphatic rings. The van der Waals surface area contributed by atoms with E-state index in [9.17, 15) is 4.79 Å². The second kappa shape index (κ2) is 7.67. The second-order valence-corrected chi connectivity index (χ2v) is 9.89. The van der Waals surface area contributed by atoms with Gasteiger partial charge in [0.15, 0.2) is 0 Å². The summed E-state index contributed by atoms with van der Waals surface area (Å²) in [6.07, 6.45) is 1.85. The molecule has 0 unspecified atom stereocenters. The minimum atomic E-state index is -0.332. The highest BCUT2D eigenvalue weighted by Gasteiger charge is 2.33. The zero-order valence-electron chi connectivity index (χ0n) is 17.6. The molecule has 3 heterocycles. The van der Waals surface area contributed by atoms with Crippen molar-refractivity contribution in [2.75, 3.05) is 42.9 Å². The molecule has 1 N–H and O–H groups in total. The van der Waals surface area contributed by atoms with E-state index in [1.165, 1.54) is 21.2 Å². The van der Waals surface area contributed by atoms with Gasteiger partial charge in [-0.05, 0) is 53.7 Å². The monoisotopic (exact) mass is 420 g/mol. The lowest BCUT2D eigenvalue weighted by atomic mass is 9.81. The number of nitrogens with zero attached hydrogens (tertiary/aromatic N) is 3. The van der Waals surface area contributed by atoms with E-state index in [4.69, 9.17) is 4.37 Å². The number of carbonyl (C=O) groups excluding carboxylic acids is 1. The van der Waals surface area contributed by atoms with Crippen LogP contribution >= 0.6 is 11.5 Å². The van der Waals surface area contributed by atoms with Crippen molar-refractivity contribution in [3.8, 4) is 0 Å². The molecular formula is C24H28N4OS. The molecule has 2 aromatic carbocycles. The SMILES string of the molecule is CC1(C)Cc2cc(CCN3CCN(c4nsc5ccccc45)CC3)ccc2NC1=O. The van der Waals surface area contributed by atoms with Gasteiger partial charge in [-0.1, -0.05) is 38.1 Å². The number of fused-ring (bicyclic) bond motifs is 2. The first-order valence-corrected chi connectivity index (χ1v) is 11.5. The van der Waals surface area contributed by atoms with E-state index in [0.717, 1.165) is 57.1 Å². The summed E-state index contributed by atoms with van der Waals surface area (Å²) >= 11 is 1.60. The van der Waals surface area contributed by atoms with E-state index >= 15 is 0 Å². The number of benzene rings is 2. The summed E-state index contributed by atoms with van der Waals surface area (Å²) in [5.41, 5.74) is 3.26. The molecule has 0 aliphatic carbocycles. The molecule has 6 heteroatoms. The van der Waals surface area contributed by atoms with E-state index < -0.39 is 0 Å². The third-order valence-corrected chi connectivity index (χ3v) is 7.23. The van der Waals surface area contributed by atoms with Crippen LogP contribution in [0, 0.1) is 5.41 Å². The standard InChI is InChI=1S/C24H28N4OS/c1-24(2)16-18-15-17(7-8-20(18)25-23(24)29)9-10-27-11-13-28(14-12-27)22-19-5-3-4-6-21(19)30-26-22/h3-8,15H,9-14,16H2,1-2H3,(H,25,29). The molecule has 1 fully saturated rings. The van der Waals surface area contributed by atoms with E-state index in [2.05, 4.69) is 57.6 Å². The first-order valence-electron chi connectivity index (χ1n) is 10.7. The molecule has 30 heavy (non-hydrogen) atoms. The fourth-order valence-corrected chi connectivity index (χ4v) is 5.29. The number of carbonyl (C=O) groups is 1. The van der Waals surface area contributed by atoms with Crippen LogP contribution in [0.3, 0.4) is 0 Å².